The Hall–Kier alpha value is -0.420. The van der Waals surface area contributed by atoms with Crippen LogP contribution in [-0.2, 0) is 11.3 Å². The average molecular weight is 301 g/mol. The van der Waals surface area contributed by atoms with Gasteiger partial charge in [0, 0.05) is 24.1 Å². The van der Waals surface area contributed by atoms with Crippen LogP contribution >= 0.6 is 15.9 Å². The van der Waals surface area contributed by atoms with Crippen LogP contribution in [0.4, 0.5) is 0 Å². The van der Waals surface area contributed by atoms with E-state index in [1.54, 1.807) is 0 Å². The number of likely N-dealkylation sites (N-methyl/N-ethyl adjacent to an activating group) is 1. The summed E-state index contributed by atoms with van der Waals surface area (Å²) in [6.07, 6.45) is 0. The van der Waals surface area contributed by atoms with E-state index < -0.39 is 0 Å². The largest absolute Gasteiger partial charge is 0.379 e. The lowest BCUT2D eigenvalue weighted by molar-refractivity contribution is 0.119. The molecule has 0 aliphatic heterocycles. The summed E-state index contributed by atoms with van der Waals surface area (Å²) in [5, 5.41) is 3.36. The Balaban J connectivity index is 2.01. The van der Waals surface area contributed by atoms with Crippen molar-refractivity contribution < 1.29 is 4.74 Å². The van der Waals surface area contributed by atoms with Crippen molar-refractivity contribution in [1.29, 1.82) is 0 Å². The zero-order chi connectivity index (χ0) is 12.5. The molecule has 1 rings (SSSR count). The molecule has 0 saturated heterocycles. The maximum atomic E-state index is 5.49. The molecule has 0 spiro atoms. The van der Waals surface area contributed by atoms with E-state index in [0.29, 0.717) is 0 Å². The zero-order valence-corrected chi connectivity index (χ0v) is 12.2. The molecule has 0 unspecified atom stereocenters. The Labute approximate surface area is 112 Å². The summed E-state index contributed by atoms with van der Waals surface area (Å²) in [7, 11) is 4.10. The molecule has 0 amide bonds. The number of ether oxygens (including phenoxy) is 1. The number of hydrogen-bond donors (Lipinski definition) is 1. The van der Waals surface area contributed by atoms with Gasteiger partial charge in [-0.1, -0.05) is 28.1 Å². The Kier molecular flexibility index (Phi) is 7.44. The average Bonchev–Trinajstić information content (AvgIpc) is 2.27. The van der Waals surface area contributed by atoms with Crippen molar-refractivity contribution in [3.05, 3.63) is 34.3 Å². The maximum absolute atomic E-state index is 5.49. The van der Waals surface area contributed by atoms with Crippen molar-refractivity contribution in [2.24, 2.45) is 0 Å². The van der Waals surface area contributed by atoms with E-state index in [1.165, 1.54) is 5.56 Å². The van der Waals surface area contributed by atoms with Crippen molar-refractivity contribution in [1.82, 2.24) is 10.2 Å². The number of hydrogen-bond acceptors (Lipinski definition) is 3. The second-order valence-electron chi connectivity index (χ2n) is 4.22. The van der Waals surface area contributed by atoms with Crippen molar-refractivity contribution in [2.45, 2.75) is 6.54 Å². The predicted octanol–water partition coefficient (Wildman–Crippen LogP) is 2.12. The lowest BCUT2D eigenvalue weighted by Crippen LogP contribution is -2.23. The predicted molar refractivity (Wildman–Crippen MR) is 75.2 cm³/mol. The SMILES string of the molecule is CN(C)CCOCCNCc1cccc(Br)c1. The summed E-state index contributed by atoms with van der Waals surface area (Å²) >= 11 is 3.46. The second kappa shape index (κ2) is 8.64. The molecule has 0 aromatic heterocycles. The van der Waals surface area contributed by atoms with Crippen LogP contribution < -0.4 is 5.32 Å². The lowest BCUT2D eigenvalue weighted by Gasteiger charge is -2.10. The molecule has 0 heterocycles. The van der Waals surface area contributed by atoms with Crippen molar-refractivity contribution >= 4 is 15.9 Å². The summed E-state index contributed by atoms with van der Waals surface area (Å²) in [6.45, 7) is 4.31. The van der Waals surface area contributed by atoms with E-state index in [0.717, 1.165) is 37.3 Å². The van der Waals surface area contributed by atoms with E-state index >= 15 is 0 Å². The molecule has 1 aromatic rings. The van der Waals surface area contributed by atoms with Crippen LogP contribution in [-0.4, -0.2) is 45.3 Å². The topological polar surface area (TPSA) is 24.5 Å². The van der Waals surface area contributed by atoms with Gasteiger partial charge in [-0.25, -0.2) is 0 Å². The van der Waals surface area contributed by atoms with Gasteiger partial charge in [0.25, 0.3) is 0 Å². The minimum absolute atomic E-state index is 0.766. The Bertz CT molecular complexity index is 318. The molecule has 96 valence electrons. The first-order valence-corrected chi connectivity index (χ1v) is 6.65. The van der Waals surface area contributed by atoms with Crippen molar-refractivity contribution in [3.8, 4) is 0 Å². The number of rotatable bonds is 8. The first-order chi connectivity index (χ1) is 8.18. The van der Waals surface area contributed by atoms with Crippen molar-refractivity contribution in [3.63, 3.8) is 0 Å². The van der Waals surface area contributed by atoms with Crippen LogP contribution in [0.1, 0.15) is 5.56 Å². The maximum Gasteiger partial charge on any atom is 0.0593 e. The summed E-state index contributed by atoms with van der Waals surface area (Å²) < 4.78 is 6.62. The van der Waals surface area contributed by atoms with Gasteiger partial charge in [-0.2, -0.15) is 0 Å². The van der Waals surface area contributed by atoms with E-state index in [1.807, 2.05) is 6.07 Å². The fraction of sp³-hybridized carbons (Fsp3) is 0.538. The number of nitrogens with one attached hydrogen (secondary N) is 1. The van der Waals surface area contributed by atoms with Crippen LogP contribution in [0.5, 0.6) is 0 Å². The molecule has 0 radical (unpaired) electrons. The van der Waals surface area contributed by atoms with E-state index in [-0.39, 0.29) is 0 Å². The van der Waals surface area contributed by atoms with Crippen LogP contribution in [0.25, 0.3) is 0 Å². The molecule has 0 saturated carbocycles. The first kappa shape index (κ1) is 14.6. The van der Waals surface area contributed by atoms with E-state index in [4.69, 9.17) is 4.74 Å². The molecule has 0 aliphatic carbocycles. The van der Waals surface area contributed by atoms with E-state index in [2.05, 4.69) is 58.4 Å². The fourth-order valence-electron chi connectivity index (χ4n) is 1.37. The zero-order valence-electron chi connectivity index (χ0n) is 10.6. The van der Waals surface area contributed by atoms with E-state index in [9.17, 15) is 0 Å². The van der Waals surface area contributed by atoms with Gasteiger partial charge in [0.1, 0.15) is 0 Å². The molecular formula is C13H21BrN2O. The monoisotopic (exact) mass is 300 g/mol. The van der Waals surface area contributed by atoms with Gasteiger partial charge in [0.2, 0.25) is 0 Å². The summed E-state index contributed by atoms with van der Waals surface area (Å²) in [5.74, 6) is 0. The molecule has 4 heteroatoms. The Morgan fingerprint density at radius 2 is 2.12 bits per heavy atom. The molecule has 0 aliphatic rings. The highest BCUT2D eigenvalue weighted by molar-refractivity contribution is 9.10. The van der Waals surface area contributed by atoms with Crippen molar-refractivity contribution in [2.75, 3.05) is 40.4 Å². The van der Waals surface area contributed by atoms with Gasteiger partial charge in [-0.3, -0.25) is 0 Å². The van der Waals surface area contributed by atoms with Gasteiger partial charge in [0.15, 0.2) is 0 Å². The molecule has 0 atom stereocenters. The first-order valence-electron chi connectivity index (χ1n) is 5.86. The second-order valence-corrected chi connectivity index (χ2v) is 5.14. The highest BCUT2D eigenvalue weighted by atomic mass is 79.9. The summed E-state index contributed by atoms with van der Waals surface area (Å²) in [5.41, 5.74) is 1.28. The van der Waals surface area contributed by atoms with Gasteiger partial charge < -0.3 is 15.0 Å². The molecule has 1 aromatic carbocycles. The van der Waals surface area contributed by atoms with Gasteiger partial charge >= 0.3 is 0 Å². The summed E-state index contributed by atoms with van der Waals surface area (Å²) in [4.78, 5) is 2.12. The number of halogens is 1. The lowest BCUT2D eigenvalue weighted by atomic mass is 10.2. The molecule has 3 nitrogen and oxygen atoms in total. The third-order valence-electron chi connectivity index (χ3n) is 2.32. The van der Waals surface area contributed by atoms with Gasteiger partial charge in [0.05, 0.1) is 13.2 Å². The smallest absolute Gasteiger partial charge is 0.0593 e. The molecule has 1 N–H and O–H groups in total. The molecule has 17 heavy (non-hydrogen) atoms. The molecule has 0 bridgehead atoms. The minimum atomic E-state index is 0.766. The normalized spacial score (nSPS) is 11.1. The third-order valence-corrected chi connectivity index (χ3v) is 2.82. The standard InChI is InChI=1S/C13H21BrN2O/c1-16(2)7-9-17-8-6-15-11-12-4-3-5-13(14)10-12/h3-5,10,15H,6-9,11H2,1-2H3. The third kappa shape index (κ3) is 7.49. The van der Waals surface area contributed by atoms with Gasteiger partial charge in [-0.15, -0.1) is 0 Å². The molecular weight excluding hydrogens is 280 g/mol. The fourth-order valence-corrected chi connectivity index (χ4v) is 1.82. The van der Waals surface area contributed by atoms with Crippen LogP contribution in [0.2, 0.25) is 0 Å². The Morgan fingerprint density at radius 3 is 2.82 bits per heavy atom. The van der Waals surface area contributed by atoms with Gasteiger partial charge in [-0.05, 0) is 31.8 Å². The van der Waals surface area contributed by atoms with Crippen LogP contribution in [0.3, 0.4) is 0 Å². The number of nitrogens with zero attached hydrogens (tertiary/aromatic N) is 1. The Morgan fingerprint density at radius 1 is 1.29 bits per heavy atom. The number of benzene rings is 1. The highest BCUT2D eigenvalue weighted by Gasteiger charge is 1.94. The quantitative estimate of drug-likeness (QED) is 0.744. The van der Waals surface area contributed by atoms with Crippen LogP contribution in [0, 0.1) is 0 Å². The minimum Gasteiger partial charge on any atom is -0.379 e. The molecule has 0 fully saturated rings. The highest BCUT2D eigenvalue weighted by Crippen LogP contribution is 2.10. The van der Waals surface area contributed by atoms with Crippen LogP contribution in [0.15, 0.2) is 28.7 Å². The summed E-state index contributed by atoms with van der Waals surface area (Å²) in [6, 6.07) is 8.33.